The minimum absolute atomic E-state index is 0.0765. The van der Waals surface area contributed by atoms with Crippen LogP contribution in [0.3, 0.4) is 0 Å². The van der Waals surface area contributed by atoms with Crippen molar-refractivity contribution in [2.24, 2.45) is 0 Å². The summed E-state index contributed by atoms with van der Waals surface area (Å²) < 4.78 is 12.7. The van der Waals surface area contributed by atoms with Gasteiger partial charge < -0.3 is 25.0 Å². The van der Waals surface area contributed by atoms with Crippen molar-refractivity contribution in [1.29, 1.82) is 0 Å². The predicted octanol–water partition coefficient (Wildman–Crippen LogP) is 6.33. The van der Waals surface area contributed by atoms with Gasteiger partial charge in [0.2, 0.25) is 5.79 Å². The molecule has 2 aromatic carbocycles. The Balaban J connectivity index is 1.52. The molecule has 2 fully saturated rings. The molecule has 0 radical (unpaired) electrons. The standard InChI is InChI=1S/C29H41N3O3/c1-19(2)25-10-9-11-26(20(3)4)27(25)31-28(33)30-18-29(34-21(5)22(6)35-29)23-12-14-24(15-13-23)32-16-7-8-17-32/h9-15,19-22H,7-8,16-18H2,1-6H3,(H2,30,31,33)/t21-,22-/m1/s1. The number of nitrogens with one attached hydrogen (secondary N) is 2. The van der Waals surface area contributed by atoms with Crippen LogP contribution in [0.2, 0.25) is 0 Å². The second kappa shape index (κ2) is 10.6. The van der Waals surface area contributed by atoms with Gasteiger partial charge in [0.15, 0.2) is 0 Å². The molecule has 4 rings (SSSR count). The molecule has 2 atom stereocenters. The van der Waals surface area contributed by atoms with E-state index in [2.05, 4.69) is 85.7 Å². The van der Waals surface area contributed by atoms with E-state index in [0.29, 0.717) is 11.8 Å². The number of carbonyl (C=O) groups excluding carboxylic acids is 1. The van der Waals surface area contributed by atoms with Gasteiger partial charge in [0.05, 0.1) is 18.8 Å². The van der Waals surface area contributed by atoms with Crippen LogP contribution in [-0.4, -0.2) is 37.9 Å². The predicted molar refractivity (Wildman–Crippen MR) is 142 cm³/mol. The van der Waals surface area contributed by atoms with Crippen molar-refractivity contribution in [3.8, 4) is 0 Å². The van der Waals surface area contributed by atoms with E-state index in [9.17, 15) is 4.79 Å². The maximum absolute atomic E-state index is 13.1. The smallest absolute Gasteiger partial charge is 0.319 e. The minimum atomic E-state index is -1.02. The first-order chi connectivity index (χ1) is 16.7. The number of urea groups is 1. The summed E-state index contributed by atoms with van der Waals surface area (Å²) in [5, 5.41) is 6.18. The SMILES string of the molecule is CC(C)c1cccc(C(C)C)c1NC(=O)NCC1(c2ccc(N3CCCC3)cc2)O[C@H](C)[C@@H](C)O1. The van der Waals surface area contributed by atoms with Crippen molar-refractivity contribution in [1.82, 2.24) is 5.32 Å². The quantitative estimate of drug-likeness (QED) is 0.487. The largest absolute Gasteiger partial charge is 0.372 e. The second-order valence-corrected chi connectivity index (χ2v) is 10.6. The lowest BCUT2D eigenvalue weighted by atomic mass is 9.93. The van der Waals surface area contributed by atoms with Crippen LogP contribution in [0.1, 0.15) is 82.9 Å². The van der Waals surface area contributed by atoms with Gasteiger partial charge in [-0.3, -0.25) is 0 Å². The zero-order valence-corrected chi connectivity index (χ0v) is 22.1. The highest BCUT2D eigenvalue weighted by Gasteiger charge is 2.46. The summed E-state index contributed by atoms with van der Waals surface area (Å²) >= 11 is 0. The molecule has 0 aliphatic carbocycles. The summed E-state index contributed by atoms with van der Waals surface area (Å²) in [6, 6.07) is 14.4. The molecule has 2 saturated heterocycles. The first kappa shape index (κ1) is 25.5. The van der Waals surface area contributed by atoms with E-state index < -0.39 is 5.79 Å². The Morgan fingerprint density at radius 1 is 0.943 bits per heavy atom. The fourth-order valence-corrected chi connectivity index (χ4v) is 5.09. The first-order valence-corrected chi connectivity index (χ1v) is 13.1. The van der Waals surface area contributed by atoms with Gasteiger partial charge in [-0.25, -0.2) is 4.79 Å². The molecule has 35 heavy (non-hydrogen) atoms. The van der Waals surface area contributed by atoms with Crippen LogP contribution in [0.15, 0.2) is 42.5 Å². The van der Waals surface area contributed by atoms with E-state index in [1.54, 1.807) is 0 Å². The van der Waals surface area contributed by atoms with Crippen LogP contribution in [0, 0.1) is 0 Å². The van der Waals surface area contributed by atoms with Crippen LogP contribution in [0.25, 0.3) is 0 Å². The van der Waals surface area contributed by atoms with E-state index in [4.69, 9.17) is 9.47 Å². The molecule has 0 unspecified atom stereocenters. The van der Waals surface area contributed by atoms with E-state index in [1.165, 1.54) is 18.5 Å². The highest BCUT2D eigenvalue weighted by atomic mass is 16.8. The Morgan fingerprint density at radius 3 is 2.00 bits per heavy atom. The highest BCUT2D eigenvalue weighted by Crippen LogP contribution is 2.38. The maximum Gasteiger partial charge on any atom is 0.319 e. The summed E-state index contributed by atoms with van der Waals surface area (Å²) in [6.45, 7) is 15.0. The van der Waals surface area contributed by atoms with Crippen molar-refractivity contribution in [2.45, 2.75) is 84.2 Å². The molecule has 6 nitrogen and oxygen atoms in total. The monoisotopic (exact) mass is 479 g/mol. The number of nitrogens with zero attached hydrogens (tertiary/aromatic N) is 1. The Kier molecular flexibility index (Phi) is 7.72. The molecule has 2 amide bonds. The zero-order chi connectivity index (χ0) is 25.2. The van der Waals surface area contributed by atoms with Crippen LogP contribution in [0.5, 0.6) is 0 Å². The lowest BCUT2D eigenvalue weighted by Gasteiger charge is -2.30. The molecule has 2 aliphatic heterocycles. The van der Waals surface area contributed by atoms with Crippen molar-refractivity contribution < 1.29 is 14.3 Å². The van der Waals surface area contributed by atoms with Crippen molar-refractivity contribution in [3.63, 3.8) is 0 Å². The van der Waals surface area contributed by atoms with Gasteiger partial charge in [-0.15, -0.1) is 0 Å². The molecule has 0 spiro atoms. The molecule has 2 aliphatic rings. The minimum Gasteiger partial charge on any atom is -0.372 e. The van der Waals surface area contributed by atoms with Crippen LogP contribution >= 0.6 is 0 Å². The van der Waals surface area contributed by atoms with Crippen LogP contribution in [-0.2, 0) is 15.3 Å². The van der Waals surface area contributed by atoms with Gasteiger partial charge in [-0.05, 0) is 61.8 Å². The summed E-state index contributed by atoms with van der Waals surface area (Å²) in [6.07, 6.45) is 2.33. The molecule has 2 aromatic rings. The molecule has 6 heteroatoms. The Bertz CT molecular complexity index is 976. The summed E-state index contributed by atoms with van der Waals surface area (Å²) in [5.41, 5.74) is 5.30. The normalized spacial score (nSPS) is 21.7. The molecular formula is C29H41N3O3. The third kappa shape index (κ3) is 5.49. The van der Waals surface area contributed by atoms with E-state index >= 15 is 0 Å². The molecule has 2 N–H and O–H groups in total. The molecule has 0 bridgehead atoms. The average Bonchev–Trinajstić information content (AvgIpc) is 3.46. The number of carbonyl (C=O) groups is 1. The number of benzene rings is 2. The van der Waals surface area contributed by atoms with Gasteiger partial charge in [-0.2, -0.15) is 0 Å². The number of amides is 2. The number of hydrogen-bond donors (Lipinski definition) is 2. The molecule has 2 heterocycles. The second-order valence-electron chi connectivity index (χ2n) is 10.6. The average molecular weight is 480 g/mol. The number of rotatable bonds is 7. The van der Waals surface area contributed by atoms with Crippen LogP contribution < -0.4 is 15.5 Å². The Morgan fingerprint density at radius 2 is 1.49 bits per heavy atom. The van der Waals surface area contributed by atoms with E-state index in [-0.39, 0.29) is 24.8 Å². The molecule has 0 aromatic heterocycles. The van der Waals surface area contributed by atoms with Crippen molar-refractivity contribution in [2.75, 3.05) is 29.9 Å². The maximum atomic E-state index is 13.1. The van der Waals surface area contributed by atoms with Crippen molar-refractivity contribution >= 4 is 17.4 Å². The Labute approximate surface area is 210 Å². The van der Waals surface area contributed by atoms with Gasteiger partial charge >= 0.3 is 6.03 Å². The number of ether oxygens (including phenoxy) is 2. The fraction of sp³-hybridized carbons (Fsp3) is 0.552. The number of para-hydroxylation sites is 1. The summed E-state index contributed by atoms with van der Waals surface area (Å²) in [7, 11) is 0. The molecule has 190 valence electrons. The zero-order valence-electron chi connectivity index (χ0n) is 22.1. The number of hydrogen-bond acceptors (Lipinski definition) is 4. The van der Waals surface area contributed by atoms with Gasteiger partial charge in [0, 0.05) is 30.0 Å². The van der Waals surface area contributed by atoms with Crippen molar-refractivity contribution in [3.05, 3.63) is 59.2 Å². The summed E-state index contributed by atoms with van der Waals surface area (Å²) in [5.74, 6) is -0.418. The van der Waals surface area contributed by atoms with Gasteiger partial charge in [0.25, 0.3) is 0 Å². The lowest BCUT2D eigenvalue weighted by molar-refractivity contribution is -0.176. The first-order valence-electron chi connectivity index (χ1n) is 13.1. The third-order valence-electron chi connectivity index (χ3n) is 7.29. The van der Waals surface area contributed by atoms with Gasteiger partial charge in [0.1, 0.15) is 0 Å². The highest BCUT2D eigenvalue weighted by molar-refractivity contribution is 5.91. The molecule has 0 saturated carbocycles. The van der Waals surface area contributed by atoms with E-state index in [0.717, 1.165) is 35.5 Å². The van der Waals surface area contributed by atoms with Gasteiger partial charge in [-0.1, -0.05) is 58.0 Å². The third-order valence-corrected chi connectivity index (χ3v) is 7.29. The summed E-state index contributed by atoms with van der Waals surface area (Å²) in [4.78, 5) is 15.5. The van der Waals surface area contributed by atoms with E-state index in [1.807, 2.05) is 13.8 Å². The number of anilines is 2. The van der Waals surface area contributed by atoms with Crippen LogP contribution in [0.4, 0.5) is 16.2 Å². The fourth-order valence-electron chi connectivity index (χ4n) is 5.09. The molecular weight excluding hydrogens is 438 g/mol. The topological polar surface area (TPSA) is 62.8 Å². The lowest BCUT2D eigenvalue weighted by Crippen LogP contribution is -2.44. The Hall–Kier alpha value is -2.57.